The summed E-state index contributed by atoms with van der Waals surface area (Å²) in [6.45, 7) is 1.77. The van der Waals surface area contributed by atoms with Crippen LogP contribution in [-0.2, 0) is 0 Å². The molecule has 0 heterocycles. The highest BCUT2D eigenvalue weighted by Gasteiger charge is 2.15. The van der Waals surface area contributed by atoms with E-state index >= 15 is 0 Å². The zero-order valence-electron chi connectivity index (χ0n) is 8.56. The number of hydrogen-bond donors (Lipinski definition) is 1. The molecule has 1 N–H and O–H groups in total. The molecule has 4 nitrogen and oxygen atoms in total. The molecule has 1 aromatic rings. The Hall–Kier alpha value is -1.97. The summed E-state index contributed by atoms with van der Waals surface area (Å²) in [6, 6.07) is 4.71. The first kappa shape index (κ1) is 11.1. The van der Waals surface area contributed by atoms with Crippen LogP contribution in [-0.4, -0.2) is 18.2 Å². The largest absolute Gasteiger partial charge is 0.493 e. The highest BCUT2D eigenvalue weighted by Crippen LogP contribution is 2.31. The van der Waals surface area contributed by atoms with E-state index in [2.05, 4.69) is 0 Å². The Kier molecular flexibility index (Phi) is 3.74. The highest BCUT2D eigenvalue weighted by molar-refractivity contribution is 5.92. The van der Waals surface area contributed by atoms with Gasteiger partial charge in [0.2, 0.25) is 0 Å². The lowest BCUT2D eigenvalue weighted by Gasteiger charge is -2.09. The van der Waals surface area contributed by atoms with E-state index in [-0.39, 0.29) is 11.3 Å². The molecule has 4 heteroatoms. The summed E-state index contributed by atoms with van der Waals surface area (Å²) in [4.78, 5) is 10.9. The minimum atomic E-state index is -1.05. The van der Waals surface area contributed by atoms with Gasteiger partial charge in [-0.1, -0.05) is 12.1 Å². The third-order valence-corrected chi connectivity index (χ3v) is 1.75. The SMILES string of the molecule is CC=COc1c(OC)cccc1C(=O)O. The second kappa shape index (κ2) is 5.05. The van der Waals surface area contributed by atoms with Gasteiger partial charge in [-0.25, -0.2) is 4.79 Å². The Labute approximate surface area is 87.7 Å². The Morgan fingerprint density at radius 1 is 1.47 bits per heavy atom. The van der Waals surface area contributed by atoms with Crippen molar-refractivity contribution in [2.24, 2.45) is 0 Å². The number of methoxy groups -OCH3 is 1. The summed E-state index contributed by atoms with van der Waals surface area (Å²) >= 11 is 0. The van der Waals surface area contributed by atoms with Crippen molar-refractivity contribution >= 4 is 5.97 Å². The summed E-state index contributed by atoms with van der Waals surface area (Å²) in [7, 11) is 1.46. The normalized spacial score (nSPS) is 10.3. The van der Waals surface area contributed by atoms with Gasteiger partial charge in [-0.2, -0.15) is 0 Å². The van der Waals surface area contributed by atoms with Gasteiger partial charge in [0.1, 0.15) is 5.56 Å². The number of ether oxygens (including phenoxy) is 2. The Balaban J connectivity index is 3.20. The average molecular weight is 208 g/mol. The molecule has 80 valence electrons. The zero-order chi connectivity index (χ0) is 11.3. The van der Waals surface area contributed by atoms with E-state index in [1.165, 1.54) is 19.4 Å². The number of carboxylic acids is 1. The van der Waals surface area contributed by atoms with Gasteiger partial charge in [0.25, 0.3) is 0 Å². The van der Waals surface area contributed by atoms with Crippen LogP contribution in [0.4, 0.5) is 0 Å². The van der Waals surface area contributed by atoms with Gasteiger partial charge in [-0.3, -0.25) is 0 Å². The quantitative estimate of drug-likeness (QED) is 0.771. The van der Waals surface area contributed by atoms with E-state index < -0.39 is 5.97 Å². The first-order chi connectivity index (χ1) is 7.20. The van der Waals surface area contributed by atoms with Crippen molar-refractivity contribution in [3.8, 4) is 11.5 Å². The third-order valence-electron chi connectivity index (χ3n) is 1.75. The molecule has 0 amide bonds. The molecular weight excluding hydrogens is 196 g/mol. The van der Waals surface area contributed by atoms with E-state index in [9.17, 15) is 4.79 Å². The summed E-state index contributed by atoms with van der Waals surface area (Å²) in [5.41, 5.74) is 0.0763. The molecule has 0 atom stereocenters. The highest BCUT2D eigenvalue weighted by atomic mass is 16.5. The van der Waals surface area contributed by atoms with E-state index in [0.717, 1.165) is 0 Å². The van der Waals surface area contributed by atoms with Crippen LogP contribution in [0.3, 0.4) is 0 Å². The summed E-state index contributed by atoms with van der Waals surface area (Å²) in [5.74, 6) is -0.438. The fraction of sp³-hybridized carbons (Fsp3) is 0.182. The number of rotatable bonds is 4. The van der Waals surface area contributed by atoms with Crippen LogP contribution in [0.2, 0.25) is 0 Å². The van der Waals surface area contributed by atoms with Crippen LogP contribution in [0, 0.1) is 0 Å². The molecule has 0 saturated carbocycles. The van der Waals surface area contributed by atoms with Crippen molar-refractivity contribution in [1.29, 1.82) is 0 Å². The number of aromatic carboxylic acids is 1. The smallest absolute Gasteiger partial charge is 0.339 e. The van der Waals surface area contributed by atoms with Gasteiger partial charge in [0, 0.05) is 0 Å². The molecule has 0 aliphatic rings. The molecule has 0 bridgehead atoms. The van der Waals surface area contributed by atoms with Gasteiger partial charge in [0.15, 0.2) is 11.5 Å². The Morgan fingerprint density at radius 3 is 2.73 bits per heavy atom. The standard InChI is InChI=1S/C11H12O4/c1-3-7-15-10-8(11(12)13)5-4-6-9(10)14-2/h3-7H,1-2H3,(H,12,13). The van der Waals surface area contributed by atoms with E-state index in [4.69, 9.17) is 14.6 Å². The van der Waals surface area contributed by atoms with Crippen molar-refractivity contribution < 1.29 is 19.4 Å². The molecule has 0 saturated heterocycles. The van der Waals surface area contributed by atoms with Crippen LogP contribution in [0.15, 0.2) is 30.5 Å². The minimum absolute atomic E-state index is 0.0763. The Bertz CT molecular complexity index is 382. The maximum absolute atomic E-state index is 10.9. The molecule has 0 aliphatic heterocycles. The molecule has 0 unspecified atom stereocenters. The minimum Gasteiger partial charge on any atom is -0.493 e. The summed E-state index contributed by atoms with van der Waals surface area (Å²) < 4.78 is 10.2. The maximum Gasteiger partial charge on any atom is 0.339 e. The molecule has 0 aromatic heterocycles. The predicted molar refractivity (Wildman–Crippen MR) is 55.4 cm³/mol. The second-order valence-corrected chi connectivity index (χ2v) is 2.73. The van der Waals surface area contributed by atoms with Crippen molar-refractivity contribution in [3.05, 3.63) is 36.1 Å². The third kappa shape index (κ3) is 2.49. The van der Waals surface area contributed by atoms with E-state index in [0.29, 0.717) is 5.75 Å². The average Bonchev–Trinajstić information content (AvgIpc) is 2.25. The van der Waals surface area contributed by atoms with Gasteiger partial charge in [0.05, 0.1) is 13.4 Å². The number of para-hydroxylation sites is 1. The van der Waals surface area contributed by atoms with Crippen molar-refractivity contribution in [1.82, 2.24) is 0 Å². The molecule has 0 fully saturated rings. The number of carboxylic acid groups (broad SMARTS) is 1. The van der Waals surface area contributed by atoms with Crippen molar-refractivity contribution in [3.63, 3.8) is 0 Å². The first-order valence-electron chi connectivity index (χ1n) is 4.38. The van der Waals surface area contributed by atoms with Crippen molar-refractivity contribution in [2.75, 3.05) is 7.11 Å². The van der Waals surface area contributed by atoms with Gasteiger partial charge in [-0.15, -0.1) is 0 Å². The first-order valence-corrected chi connectivity index (χ1v) is 4.38. The monoisotopic (exact) mass is 208 g/mol. The molecular formula is C11H12O4. The molecule has 0 radical (unpaired) electrons. The van der Waals surface area contributed by atoms with Gasteiger partial charge in [-0.05, 0) is 19.1 Å². The maximum atomic E-state index is 10.9. The summed E-state index contributed by atoms with van der Waals surface area (Å²) in [5, 5.41) is 8.93. The second-order valence-electron chi connectivity index (χ2n) is 2.73. The number of hydrogen-bond acceptors (Lipinski definition) is 3. The van der Waals surface area contributed by atoms with Crippen LogP contribution < -0.4 is 9.47 Å². The molecule has 1 aromatic carbocycles. The van der Waals surface area contributed by atoms with E-state index in [1.807, 2.05) is 0 Å². The molecule has 15 heavy (non-hydrogen) atoms. The fourth-order valence-corrected chi connectivity index (χ4v) is 1.10. The topological polar surface area (TPSA) is 55.8 Å². The lowest BCUT2D eigenvalue weighted by Crippen LogP contribution is -2.01. The fourth-order valence-electron chi connectivity index (χ4n) is 1.10. The van der Waals surface area contributed by atoms with E-state index in [1.54, 1.807) is 25.1 Å². The van der Waals surface area contributed by atoms with Crippen molar-refractivity contribution in [2.45, 2.75) is 6.92 Å². The molecule has 1 rings (SSSR count). The van der Waals surface area contributed by atoms with Gasteiger partial charge < -0.3 is 14.6 Å². The van der Waals surface area contributed by atoms with Crippen LogP contribution >= 0.6 is 0 Å². The lowest BCUT2D eigenvalue weighted by molar-refractivity contribution is 0.0693. The van der Waals surface area contributed by atoms with Crippen LogP contribution in [0.25, 0.3) is 0 Å². The lowest BCUT2D eigenvalue weighted by atomic mass is 10.2. The Morgan fingerprint density at radius 2 is 2.20 bits per heavy atom. The zero-order valence-corrected chi connectivity index (χ0v) is 8.56. The predicted octanol–water partition coefficient (Wildman–Crippen LogP) is 2.31. The van der Waals surface area contributed by atoms with Crippen LogP contribution in [0.5, 0.6) is 11.5 Å². The van der Waals surface area contributed by atoms with Gasteiger partial charge >= 0.3 is 5.97 Å². The molecule has 0 aliphatic carbocycles. The molecule has 0 spiro atoms. The van der Waals surface area contributed by atoms with Crippen LogP contribution in [0.1, 0.15) is 17.3 Å². The number of allylic oxidation sites excluding steroid dienone is 1. The number of benzene rings is 1. The number of carbonyl (C=O) groups is 1. The summed E-state index contributed by atoms with van der Waals surface area (Å²) in [6.07, 6.45) is 3.07.